The summed E-state index contributed by atoms with van der Waals surface area (Å²) < 4.78 is 0. The molecule has 1 amide bonds. The molecule has 2 rings (SSSR count). The molecular formula is C16H25N3O. The Morgan fingerprint density at radius 1 is 1.45 bits per heavy atom. The van der Waals surface area contributed by atoms with Crippen LogP contribution in [-0.4, -0.2) is 18.5 Å². The largest absolute Gasteiger partial charge is 0.397 e. The second kappa shape index (κ2) is 6.64. The number of nitrogen functional groups attached to an aromatic ring is 1. The van der Waals surface area contributed by atoms with Crippen LogP contribution in [0.15, 0.2) is 18.2 Å². The van der Waals surface area contributed by atoms with Crippen LogP contribution in [0.5, 0.6) is 0 Å². The van der Waals surface area contributed by atoms with Gasteiger partial charge in [-0.25, -0.2) is 0 Å². The number of hydrogen-bond acceptors (Lipinski definition) is 3. The van der Waals surface area contributed by atoms with E-state index in [-0.39, 0.29) is 5.91 Å². The van der Waals surface area contributed by atoms with E-state index in [1.54, 1.807) is 0 Å². The predicted molar refractivity (Wildman–Crippen MR) is 85.1 cm³/mol. The molecule has 1 aromatic rings. The number of carbonyl (C=O) groups is 1. The summed E-state index contributed by atoms with van der Waals surface area (Å²) >= 11 is 0. The molecule has 0 saturated carbocycles. The molecule has 0 aromatic heterocycles. The quantitative estimate of drug-likeness (QED) is 0.828. The Balaban J connectivity index is 2.11. The molecule has 0 aliphatic carbocycles. The fourth-order valence-electron chi connectivity index (χ4n) is 2.80. The molecule has 20 heavy (non-hydrogen) atoms. The number of nitrogens with two attached hydrogens (primary N) is 1. The van der Waals surface area contributed by atoms with E-state index >= 15 is 0 Å². The number of nitrogens with one attached hydrogen (secondary N) is 1. The third-order valence-electron chi connectivity index (χ3n) is 3.90. The summed E-state index contributed by atoms with van der Waals surface area (Å²) in [6.45, 7) is 5.30. The van der Waals surface area contributed by atoms with E-state index in [0.717, 1.165) is 30.0 Å². The minimum absolute atomic E-state index is 0.0472. The van der Waals surface area contributed by atoms with Crippen molar-refractivity contribution in [2.75, 3.05) is 22.5 Å². The van der Waals surface area contributed by atoms with Gasteiger partial charge in [0.2, 0.25) is 5.91 Å². The summed E-state index contributed by atoms with van der Waals surface area (Å²) in [6, 6.07) is 6.37. The van der Waals surface area contributed by atoms with Gasteiger partial charge in [-0.15, -0.1) is 0 Å². The fraction of sp³-hybridized carbons (Fsp3) is 0.562. The maximum absolute atomic E-state index is 11.6. The van der Waals surface area contributed by atoms with E-state index in [2.05, 4.69) is 17.1 Å². The van der Waals surface area contributed by atoms with Crippen LogP contribution in [0.1, 0.15) is 46.0 Å². The van der Waals surface area contributed by atoms with Gasteiger partial charge >= 0.3 is 0 Å². The molecule has 1 heterocycles. The number of piperidine rings is 1. The van der Waals surface area contributed by atoms with E-state index < -0.39 is 0 Å². The van der Waals surface area contributed by atoms with Gasteiger partial charge in [-0.3, -0.25) is 4.79 Å². The second-order valence-electron chi connectivity index (χ2n) is 5.61. The van der Waals surface area contributed by atoms with Crippen LogP contribution in [0.4, 0.5) is 17.1 Å². The summed E-state index contributed by atoms with van der Waals surface area (Å²) in [5.74, 6) is 0.0472. The lowest BCUT2D eigenvalue weighted by molar-refractivity contribution is -0.116. The number of hydrogen-bond donors (Lipinski definition) is 2. The van der Waals surface area contributed by atoms with Gasteiger partial charge in [-0.05, 0) is 50.8 Å². The van der Waals surface area contributed by atoms with Crippen LogP contribution < -0.4 is 16.0 Å². The first-order valence-electron chi connectivity index (χ1n) is 7.58. The van der Waals surface area contributed by atoms with E-state index in [4.69, 9.17) is 5.73 Å². The number of amides is 1. The van der Waals surface area contributed by atoms with Gasteiger partial charge < -0.3 is 16.0 Å². The first-order valence-corrected chi connectivity index (χ1v) is 7.58. The number of anilines is 3. The highest BCUT2D eigenvalue weighted by atomic mass is 16.1. The van der Waals surface area contributed by atoms with Crippen LogP contribution in [0.3, 0.4) is 0 Å². The van der Waals surface area contributed by atoms with Crippen LogP contribution in [0.25, 0.3) is 0 Å². The molecule has 1 aliphatic heterocycles. The Labute approximate surface area is 121 Å². The van der Waals surface area contributed by atoms with Crippen molar-refractivity contribution in [1.29, 1.82) is 0 Å². The Bertz CT molecular complexity index is 473. The fourth-order valence-corrected chi connectivity index (χ4v) is 2.80. The normalized spacial score (nSPS) is 18.9. The molecule has 1 saturated heterocycles. The van der Waals surface area contributed by atoms with Gasteiger partial charge in [-0.2, -0.15) is 0 Å². The Hall–Kier alpha value is -1.71. The average Bonchev–Trinajstić information content (AvgIpc) is 2.40. The SMILES string of the molecule is CCCC(=O)Nc1ccc(N2CCCC[C@H]2C)c(N)c1. The molecule has 4 heteroatoms. The Morgan fingerprint density at radius 2 is 2.25 bits per heavy atom. The second-order valence-corrected chi connectivity index (χ2v) is 5.61. The summed E-state index contributed by atoms with van der Waals surface area (Å²) in [6.07, 6.45) is 5.13. The van der Waals surface area contributed by atoms with Gasteiger partial charge in [0.05, 0.1) is 11.4 Å². The van der Waals surface area contributed by atoms with Crippen LogP contribution in [0.2, 0.25) is 0 Å². The molecule has 0 radical (unpaired) electrons. The number of carbonyl (C=O) groups excluding carboxylic acids is 1. The predicted octanol–water partition coefficient (Wildman–Crippen LogP) is 3.39. The monoisotopic (exact) mass is 275 g/mol. The van der Waals surface area contributed by atoms with Crippen molar-refractivity contribution < 1.29 is 4.79 Å². The van der Waals surface area contributed by atoms with Crippen LogP contribution >= 0.6 is 0 Å². The molecular weight excluding hydrogens is 250 g/mol. The van der Waals surface area contributed by atoms with Gasteiger partial charge in [0.15, 0.2) is 0 Å². The van der Waals surface area contributed by atoms with Crippen molar-refractivity contribution in [3.63, 3.8) is 0 Å². The zero-order valence-corrected chi connectivity index (χ0v) is 12.5. The molecule has 0 bridgehead atoms. The number of benzene rings is 1. The van der Waals surface area contributed by atoms with E-state index in [1.165, 1.54) is 19.3 Å². The van der Waals surface area contributed by atoms with Gasteiger partial charge in [0.1, 0.15) is 0 Å². The Kier molecular flexibility index (Phi) is 4.88. The smallest absolute Gasteiger partial charge is 0.224 e. The van der Waals surface area contributed by atoms with Gasteiger partial charge in [0, 0.05) is 24.7 Å². The van der Waals surface area contributed by atoms with Crippen molar-refractivity contribution >= 4 is 23.0 Å². The highest BCUT2D eigenvalue weighted by molar-refractivity contribution is 5.92. The molecule has 3 N–H and O–H groups in total. The number of rotatable bonds is 4. The maximum atomic E-state index is 11.6. The summed E-state index contributed by atoms with van der Waals surface area (Å²) in [4.78, 5) is 14.0. The van der Waals surface area contributed by atoms with E-state index in [1.807, 2.05) is 25.1 Å². The minimum atomic E-state index is 0.0472. The average molecular weight is 275 g/mol. The summed E-state index contributed by atoms with van der Waals surface area (Å²) in [5, 5.41) is 2.89. The van der Waals surface area contributed by atoms with Crippen molar-refractivity contribution in [3.8, 4) is 0 Å². The first kappa shape index (κ1) is 14.7. The lowest BCUT2D eigenvalue weighted by atomic mass is 10.0. The molecule has 1 atom stereocenters. The molecule has 1 aliphatic rings. The zero-order chi connectivity index (χ0) is 14.5. The van der Waals surface area contributed by atoms with E-state index in [9.17, 15) is 4.79 Å². The highest BCUT2D eigenvalue weighted by Gasteiger charge is 2.20. The van der Waals surface area contributed by atoms with Crippen LogP contribution in [0, 0.1) is 0 Å². The standard InChI is InChI=1S/C16H25N3O/c1-3-6-16(20)18-13-8-9-15(14(17)11-13)19-10-5-4-7-12(19)2/h8-9,11-12H,3-7,10,17H2,1-2H3,(H,18,20)/t12-/m1/s1. The van der Waals surface area contributed by atoms with E-state index in [0.29, 0.717) is 12.5 Å². The van der Waals surface area contributed by atoms with Crippen molar-refractivity contribution in [1.82, 2.24) is 0 Å². The molecule has 0 spiro atoms. The molecule has 110 valence electrons. The lowest BCUT2D eigenvalue weighted by Gasteiger charge is -2.36. The Morgan fingerprint density at radius 3 is 2.90 bits per heavy atom. The van der Waals surface area contributed by atoms with Gasteiger partial charge in [-0.1, -0.05) is 6.92 Å². The highest BCUT2D eigenvalue weighted by Crippen LogP contribution is 2.31. The number of nitrogens with zero attached hydrogens (tertiary/aromatic N) is 1. The minimum Gasteiger partial charge on any atom is -0.397 e. The topological polar surface area (TPSA) is 58.4 Å². The first-order chi connectivity index (χ1) is 9.61. The van der Waals surface area contributed by atoms with Gasteiger partial charge in [0.25, 0.3) is 0 Å². The zero-order valence-electron chi connectivity index (χ0n) is 12.5. The summed E-state index contributed by atoms with van der Waals surface area (Å²) in [5.41, 5.74) is 8.79. The third kappa shape index (κ3) is 3.44. The van der Waals surface area contributed by atoms with Crippen molar-refractivity contribution in [2.24, 2.45) is 0 Å². The molecule has 0 unspecified atom stereocenters. The van der Waals surface area contributed by atoms with Crippen molar-refractivity contribution in [3.05, 3.63) is 18.2 Å². The lowest BCUT2D eigenvalue weighted by Crippen LogP contribution is -2.37. The van der Waals surface area contributed by atoms with Crippen LogP contribution in [-0.2, 0) is 4.79 Å². The third-order valence-corrected chi connectivity index (χ3v) is 3.90. The molecule has 1 fully saturated rings. The van der Waals surface area contributed by atoms with Crippen molar-refractivity contribution in [2.45, 2.75) is 52.0 Å². The molecule has 1 aromatic carbocycles. The molecule has 4 nitrogen and oxygen atoms in total. The summed E-state index contributed by atoms with van der Waals surface area (Å²) in [7, 11) is 0. The maximum Gasteiger partial charge on any atom is 0.224 e.